The van der Waals surface area contributed by atoms with Crippen LogP contribution in [0.25, 0.3) is 0 Å². The van der Waals surface area contributed by atoms with Crippen molar-refractivity contribution < 1.29 is 14.6 Å². The third kappa shape index (κ3) is 4.60. The van der Waals surface area contributed by atoms with Gasteiger partial charge in [0.05, 0.1) is 12.7 Å². The molecule has 1 amide bonds. The summed E-state index contributed by atoms with van der Waals surface area (Å²) in [7, 11) is 0. The Hall–Kier alpha value is -1.81. The van der Waals surface area contributed by atoms with Gasteiger partial charge in [-0.15, -0.1) is 6.58 Å². The number of aliphatic hydroxyl groups is 1. The van der Waals surface area contributed by atoms with Crippen LogP contribution in [0.5, 0.6) is 0 Å². The topological polar surface area (TPSA) is 49.8 Å². The van der Waals surface area contributed by atoms with Crippen LogP contribution in [0.3, 0.4) is 0 Å². The number of hydrogen-bond acceptors (Lipinski definition) is 3. The average Bonchev–Trinajstić information content (AvgIpc) is 2.49. The molecule has 1 heterocycles. The third-order valence-electron chi connectivity index (χ3n) is 3.82. The Morgan fingerprint density at radius 3 is 2.90 bits per heavy atom. The zero-order valence-electron chi connectivity index (χ0n) is 12.3. The molecule has 0 spiro atoms. The van der Waals surface area contributed by atoms with Crippen molar-refractivity contribution in [3.8, 4) is 0 Å². The van der Waals surface area contributed by atoms with Gasteiger partial charge < -0.3 is 14.7 Å². The van der Waals surface area contributed by atoms with Crippen LogP contribution in [0.15, 0.2) is 43.0 Å². The molecule has 0 bridgehead atoms. The predicted octanol–water partition coefficient (Wildman–Crippen LogP) is 2.77. The fourth-order valence-corrected chi connectivity index (χ4v) is 2.71. The van der Waals surface area contributed by atoms with Gasteiger partial charge in [-0.2, -0.15) is 0 Å². The number of hydrogen-bond donors (Lipinski definition) is 1. The number of carbonyl (C=O) groups is 1. The fraction of sp³-hybridized carbons (Fsp3) is 0.471. The second-order valence-corrected chi connectivity index (χ2v) is 5.42. The SMILES string of the molecule is C=CCN1C(=O)OCCC1CCC(O)Cc1ccccc1. The normalized spacial score (nSPS) is 20.0. The maximum absolute atomic E-state index is 11.7. The molecule has 1 aromatic carbocycles. The quantitative estimate of drug-likeness (QED) is 0.785. The van der Waals surface area contributed by atoms with Gasteiger partial charge >= 0.3 is 6.09 Å². The molecule has 0 aliphatic carbocycles. The average molecular weight is 289 g/mol. The van der Waals surface area contributed by atoms with E-state index in [1.807, 2.05) is 30.3 Å². The molecule has 1 aliphatic rings. The van der Waals surface area contributed by atoms with Crippen LogP contribution >= 0.6 is 0 Å². The van der Waals surface area contributed by atoms with Gasteiger partial charge in [0.15, 0.2) is 0 Å². The summed E-state index contributed by atoms with van der Waals surface area (Å²) in [5.41, 5.74) is 1.14. The highest BCUT2D eigenvalue weighted by Gasteiger charge is 2.28. The number of carbonyl (C=O) groups excluding carboxylic acids is 1. The minimum Gasteiger partial charge on any atom is -0.449 e. The first-order chi connectivity index (χ1) is 10.2. The highest BCUT2D eigenvalue weighted by Crippen LogP contribution is 2.19. The Bertz CT molecular complexity index is 460. The monoisotopic (exact) mass is 289 g/mol. The number of aliphatic hydroxyl groups excluding tert-OH is 1. The van der Waals surface area contributed by atoms with Gasteiger partial charge in [-0.1, -0.05) is 36.4 Å². The first-order valence-electron chi connectivity index (χ1n) is 7.47. The van der Waals surface area contributed by atoms with E-state index in [0.717, 1.165) is 18.4 Å². The number of rotatable bonds is 7. The van der Waals surface area contributed by atoms with Gasteiger partial charge in [-0.3, -0.25) is 0 Å². The molecule has 0 radical (unpaired) electrons. The predicted molar refractivity (Wildman–Crippen MR) is 82.0 cm³/mol. The van der Waals surface area contributed by atoms with E-state index in [9.17, 15) is 9.90 Å². The van der Waals surface area contributed by atoms with Crippen LogP contribution in [0.4, 0.5) is 4.79 Å². The second kappa shape index (κ2) is 7.84. The highest BCUT2D eigenvalue weighted by atomic mass is 16.6. The fourth-order valence-electron chi connectivity index (χ4n) is 2.71. The first-order valence-corrected chi connectivity index (χ1v) is 7.47. The zero-order chi connectivity index (χ0) is 15.1. The van der Waals surface area contributed by atoms with Crippen molar-refractivity contribution >= 4 is 6.09 Å². The van der Waals surface area contributed by atoms with Gasteiger partial charge in [0, 0.05) is 19.0 Å². The number of cyclic esters (lactones) is 1. The van der Waals surface area contributed by atoms with E-state index in [1.54, 1.807) is 11.0 Å². The minimum atomic E-state index is -0.379. The van der Waals surface area contributed by atoms with E-state index in [0.29, 0.717) is 26.0 Å². The van der Waals surface area contributed by atoms with Crippen molar-refractivity contribution in [3.63, 3.8) is 0 Å². The summed E-state index contributed by atoms with van der Waals surface area (Å²) in [5.74, 6) is 0. The summed E-state index contributed by atoms with van der Waals surface area (Å²) in [6, 6.07) is 10.1. The van der Waals surface area contributed by atoms with E-state index < -0.39 is 0 Å². The molecule has 1 fully saturated rings. The van der Waals surface area contributed by atoms with Crippen LogP contribution in [0.2, 0.25) is 0 Å². The summed E-state index contributed by atoms with van der Waals surface area (Å²) in [6.45, 7) is 4.64. The molecule has 2 rings (SSSR count). The van der Waals surface area contributed by atoms with Crippen LogP contribution in [0, 0.1) is 0 Å². The highest BCUT2D eigenvalue weighted by molar-refractivity contribution is 5.69. The van der Waals surface area contributed by atoms with E-state index in [4.69, 9.17) is 4.74 Å². The molecule has 2 unspecified atom stereocenters. The lowest BCUT2D eigenvalue weighted by molar-refractivity contribution is 0.0413. The third-order valence-corrected chi connectivity index (χ3v) is 3.82. The molecule has 4 nitrogen and oxygen atoms in total. The molecular weight excluding hydrogens is 266 g/mol. The molecule has 0 saturated carbocycles. The second-order valence-electron chi connectivity index (χ2n) is 5.42. The molecule has 1 aromatic rings. The van der Waals surface area contributed by atoms with Gasteiger partial charge in [0.2, 0.25) is 0 Å². The molecule has 0 aromatic heterocycles. The van der Waals surface area contributed by atoms with Crippen molar-refractivity contribution in [2.75, 3.05) is 13.2 Å². The van der Waals surface area contributed by atoms with Crippen molar-refractivity contribution in [3.05, 3.63) is 48.6 Å². The maximum Gasteiger partial charge on any atom is 0.410 e. The van der Waals surface area contributed by atoms with Crippen molar-refractivity contribution in [1.29, 1.82) is 0 Å². The van der Waals surface area contributed by atoms with E-state index in [1.165, 1.54) is 0 Å². The standard InChI is InChI=1S/C17H23NO3/c1-2-11-18-15(10-12-21-17(18)20)8-9-16(19)13-14-6-4-3-5-7-14/h2-7,15-16,19H,1,8-13H2. The lowest BCUT2D eigenvalue weighted by atomic mass is 9.99. The Morgan fingerprint density at radius 2 is 2.19 bits per heavy atom. The van der Waals surface area contributed by atoms with Gasteiger partial charge in [-0.05, 0) is 24.8 Å². The largest absolute Gasteiger partial charge is 0.449 e. The Labute approximate surface area is 126 Å². The van der Waals surface area contributed by atoms with E-state index in [2.05, 4.69) is 6.58 Å². The maximum atomic E-state index is 11.7. The van der Waals surface area contributed by atoms with Crippen molar-refractivity contribution in [2.45, 2.75) is 37.8 Å². The summed E-state index contributed by atoms with van der Waals surface area (Å²) < 4.78 is 5.05. The molecule has 1 N–H and O–H groups in total. The van der Waals surface area contributed by atoms with Crippen LogP contribution in [-0.4, -0.2) is 41.4 Å². The van der Waals surface area contributed by atoms with Gasteiger partial charge in [-0.25, -0.2) is 4.79 Å². The van der Waals surface area contributed by atoms with Crippen molar-refractivity contribution in [2.24, 2.45) is 0 Å². The van der Waals surface area contributed by atoms with Gasteiger partial charge in [0.25, 0.3) is 0 Å². The van der Waals surface area contributed by atoms with Crippen molar-refractivity contribution in [1.82, 2.24) is 4.90 Å². The molecule has 21 heavy (non-hydrogen) atoms. The lowest BCUT2D eigenvalue weighted by Gasteiger charge is -2.34. The summed E-state index contributed by atoms with van der Waals surface area (Å²) in [5, 5.41) is 10.2. The van der Waals surface area contributed by atoms with Crippen LogP contribution in [-0.2, 0) is 11.2 Å². The first kappa shape index (κ1) is 15.6. The number of ether oxygens (including phenoxy) is 1. The number of nitrogens with zero attached hydrogens (tertiary/aromatic N) is 1. The lowest BCUT2D eigenvalue weighted by Crippen LogP contribution is -2.45. The summed E-state index contributed by atoms with van der Waals surface area (Å²) in [6.07, 6.45) is 3.99. The Balaban J connectivity index is 1.83. The molecule has 4 heteroatoms. The number of benzene rings is 1. The number of amides is 1. The Kier molecular flexibility index (Phi) is 5.81. The molecule has 114 valence electrons. The van der Waals surface area contributed by atoms with E-state index >= 15 is 0 Å². The van der Waals surface area contributed by atoms with E-state index in [-0.39, 0.29) is 18.2 Å². The molecule has 1 aliphatic heterocycles. The Morgan fingerprint density at radius 1 is 1.43 bits per heavy atom. The van der Waals surface area contributed by atoms with Crippen LogP contribution < -0.4 is 0 Å². The zero-order valence-corrected chi connectivity index (χ0v) is 12.3. The molecule has 1 saturated heterocycles. The summed E-state index contributed by atoms with van der Waals surface area (Å²) in [4.78, 5) is 13.4. The summed E-state index contributed by atoms with van der Waals surface area (Å²) >= 11 is 0. The minimum absolute atomic E-state index is 0.134. The van der Waals surface area contributed by atoms with Gasteiger partial charge in [0.1, 0.15) is 0 Å². The molecular formula is C17H23NO3. The molecule has 2 atom stereocenters. The smallest absolute Gasteiger partial charge is 0.410 e. The van der Waals surface area contributed by atoms with Crippen LogP contribution in [0.1, 0.15) is 24.8 Å².